The number of rotatable bonds is 6. The largest absolute Gasteiger partial charge is 0.496 e. The SMILES string of the molecule is COc1ccccc1CC(=O)N1CCC(OCCCl)CC1. The molecule has 1 heterocycles. The van der Waals surface area contributed by atoms with E-state index in [4.69, 9.17) is 21.1 Å². The molecule has 5 heteroatoms. The van der Waals surface area contributed by atoms with Crippen LogP contribution in [0.1, 0.15) is 18.4 Å². The zero-order valence-corrected chi connectivity index (χ0v) is 13.1. The first-order chi connectivity index (χ1) is 10.2. The molecule has 0 spiro atoms. The van der Waals surface area contributed by atoms with Crippen LogP contribution >= 0.6 is 11.6 Å². The second kappa shape index (κ2) is 8.25. The lowest BCUT2D eigenvalue weighted by atomic mass is 10.1. The zero-order valence-electron chi connectivity index (χ0n) is 12.4. The van der Waals surface area contributed by atoms with Crippen molar-refractivity contribution in [3.63, 3.8) is 0 Å². The van der Waals surface area contributed by atoms with Crippen LogP contribution in [0, 0.1) is 0 Å². The van der Waals surface area contributed by atoms with Crippen molar-refractivity contribution in [2.24, 2.45) is 0 Å². The van der Waals surface area contributed by atoms with Gasteiger partial charge >= 0.3 is 0 Å². The first kappa shape index (κ1) is 16.1. The van der Waals surface area contributed by atoms with Crippen molar-refractivity contribution >= 4 is 17.5 Å². The number of halogens is 1. The van der Waals surface area contributed by atoms with E-state index in [0.717, 1.165) is 37.2 Å². The third-order valence-electron chi connectivity index (χ3n) is 3.76. The van der Waals surface area contributed by atoms with E-state index in [9.17, 15) is 4.79 Å². The molecule has 21 heavy (non-hydrogen) atoms. The number of carbonyl (C=O) groups excluding carboxylic acids is 1. The molecule has 0 aliphatic carbocycles. The molecule has 1 fully saturated rings. The maximum atomic E-state index is 12.4. The van der Waals surface area contributed by atoms with Gasteiger partial charge in [-0.05, 0) is 18.9 Å². The molecule has 1 saturated heterocycles. The molecule has 0 N–H and O–H groups in total. The molecule has 1 aromatic rings. The van der Waals surface area contributed by atoms with Gasteiger partial charge in [-0.3, -0.25) is 4.79 Å². The van der Waals surface area contributed by atoms with Gasteiger partial charge < -0.3 is 14.4 Å². The summed E-state index contributed by atoms with van der Waals surface area (Å²) in [7, 11) is 1.63. The van der Waals surface area contributed by atoms with Crippen LogP contribution in [0.5, 0.6) is 5.75 Å². The van der Waals surface area contributed by atoms with Crippen LogP contribution < -0.4 is 4.74 Å². The highest BCUT2D eigenvalue weighted by Crippen LogP contribution is 2.20. The normalized spacial score (nSPS) is 16.0. The Hall–Kier alpha value is -1.26. The average Bonchev–Trinajstić information content (AvgIpc) is 2.54. The first-order valence-electron chi connectivity index (χ1n) is 7.32. The molecule has 1 aromatic carbocycles. The summed E-state index contributed by atoms with van der Waals surface area (Å²) in [5, 5.41) is 0. The van der Waals surface area contributed by atoms with Crippen LogP contribution in [0.25, 0.3) is 0 Å². The Balaban J connectivity index is 1.85. The predicted octanol–water partition coefficient (Wildman–Crippen LogP) is 2.48. The highest BCUT2D eigenvalue weighted by atomic mass is 35.5. The Labute approximate surface area is 131 Å². The smallest absolute Gasteiger partial charge is 0.227 e. The number of ether oxygens (including phenoxy) is 2. The number of alkyl halides is 1. The topological polar surface area (TPSA) is 38.8 Å². The number of methoxy groups -OCH3 is 1. The second-order valence-corrected chi connectivity index (χ2v) is 5.51. The van der Waals surface area contributed by atoms with Gasteiger partial charge in [-0.1, -0.05) is 18.2 Å². The number of benzene rings is 1. The molecular weight excluding hydrogens is 290 g/mol. The Morgan fingerprint density at radius 3 is 2.71 bits per heavy atom. The fourth-order valence-corrected chi connectivity index (χ4v) is 2.70. The van der Waals surface area contributed by atoms with Gasteiger partial charge in [-0.15, -0.1) is 11.6 Å². The van der Waals surface area contributed by atoms with Crippen molar-refractivity contribution in [3.8, 4) is 5.75 Å². The fraction of sp³-hybridized carbons (Fsp3) is 0.562. The van der Waals surface area contributed by atoms with E-state index < -0.39 is 0 Å². The number of carbonyl (C=O) groups is 1. The van der Waals surface area contributed by atoms with Crippen molar-refractivity contribution in [2.45, 2.75) is 25.4 Å². The molecule has 0 saturated carbocycles. The standard InChI is InChI=1S/C16H22ClNO3/c1-20-15-5-3-2-4-13(15)12-16(19)18-9-6-14(7-10-18)21-11-8-17/h2-5,14H,6-12H2,1H3. The fourth-order valence-electron chi connectivity index (χ4n) is 2.61. The van der Waals surface area contributed by atoms with E-state index in [1.54, 1.807) is 7.11 Å². The summed E-state index contributed by atoms with van der Waals surface area (Å²) in [5.74, 6) is 1.44. The third kappa shape index (κ3) is 4.61. The van der Waals surface area contributed by atoms with E-state index >= 15 is 0 Å². The summed E-state index contributed by atoms with van der Waals surface area (Å²) in [6.07, 6.45) is 2.39. The lowest BCUT2D eigenvalue weighted by molar-refractivity contribution is -0.133. The molecule has 4 nitrogen and oxygen atoms in total. The number of hydrogen-bond acceptors (Lipinski definition) is 3. The lowest BCUT2D eigenvalue weighted by Crippen LogP contribution is -2.41. The van der Waals surface area contributed by atoms with Crippen LogP contribution in [0.15, 0.2) is 24.3 Å². The molecule has 0 atom stereocenters. The summed E-state index contributed by atoms with van der Waals surface area (Å²) in [4.78, 5) is 14.3. The van der Waals surface area contributed by atoms with E-state index in [0.29, 0.717) is 18.9 Å². The maximum absolute atomic E-state index is 12.4. The molecule has 0 radical (unpaired) electrons. The highest BCUT2D eigenvalue weighted by Gasteiger charge is 2.23. The molecule has 2 rings (SSSR count). The van der Waals surface area contributed by atoms with Crippen molar-refractivity contribution in [3.05, 3.63) is 29.8 Å². The predicted molar refractivity (Wildman–Crippen MR) is 83.0 cm³/mol. The first-order valence-corrected chi connectivity index (χ1v) is 7.85. The molecular formula is C16H22ClNO3. The van der Waals surface area contributed by atoms with Crippen LogP contribution in [0.2, 0.25) is 0 Å². The molecule has 0 unspecified atom stereocenters. The summed E-state index contributed by atoms with van der Waals surface area (Å²) in [6.45, 7) is 2.09. The van der Waals surface area contributed by atoms with Crippen LogP contribution in [-0.2, 0) is 16.0 Å². The minimum atomic E-state index is 0.148. The molecule has 1 amide bonds. The van der Waals surface area contributed by atoms with Gasteiger partial charge in [0.1, 0.15) is 5.75 Å². The molecule has 116 valence electrons. The quantitative estimate of drug-likeness (QED) is 0.758. The van der Waals surface area contributed by atoms with Crippen LogP contribution in [-0.4, -0.2) is 49.6 Å². The number of amides is 1. The summed E-state index contributed by atoms with van der Waals surface area (Å²) >= 11 is 5.62. The number of nitrogens with zero attached hydrogens (tertiary/aromatic N) is 1. The zero-order chi connectivity index (χ0) is 15.1. The summed E-state index contributed by atoms with van der Waals surface area (Å²) in [6, 6.07) is 7.66. The molecule has 0 aromatic heterocycles. The summed E-state index contributed by atoms with van der Waals surface area (Å²) in [5.41, 5.74) is 0.936. The van der Waals surface area contributed by atoms with Crippen LogP contribution in [0.4, 0.5) is 0 Å². The van der Waals surface area contributed by atoms with Gasteiger partial charge in [-0.25, -0.2) is 0 Å². The highest BCUT2D eigenvalue weighted by molar-refractivity contribution is 6.17. The van der Waals surface area contributed by atoms with Gasteiger partial charge in [0, 0.05) is 24.5 Å². The molecule has 0 bridgehead atoms. The van der Waals surface area contributed by atoms with Gasteiger partial charge in [0.05, 0.1) is 26.2 Å². The van der Waals surface area contributed by atoms with E-state index in [-0.39, 0.29) is 12.0 Å². The van der Waals surface area contributed by atoms with Gasteiger partial charge in [-0.2, -0.15) is 0 Å². The Morgan fingerprint density at radius 1 is 1.33 bits per heavy atom. The lowest BCUT2D eigenvalue weighted by Gasteiger charge is -2.32. The number of hydrogen-bond donors (Lipinski definition) is 0. The van der Waals surface area contributed by atoms with Crippen molar-refractivity contribution in [1.82, 2.24) is 4.90 Å². The van der Waals surface area contributed by atoms with Crippen LogP contribution in [0.3, 0.4) is 0 Å². The summed E-state index contributed by atoms with van der Waals surface area (Å²) < 4.78 is 10.9. The Kier molecular flexibility index (Phi) is 6.33. The number of para-hydroxylation sites is 1. The number of likely N-dealkylation sites (tertiary alicyclic amines) is 1. The van der Waals surface area contributed by atoms with E-state index in [2.05, 4.69) is 0 Å². The van der Waals surface area contributed by atoms with Crippen molar-refractivity contribution < 1.29 is 14.3 Å². The van der Waals surface area contributed by atoms with Gasteiger partial charge in [0.25, 0.3) is 0 Å². The molecule has 1 aliphatic rings. The van der Waals surface area contributed by atoms with Crippen molar-refractivity contribution in [1.29, 1.82) is 0 Å². The van der Waals surface area contributed by atoms with Gasteiger partial charge in [0.2, 0.25) is 5.91 Å². The number of piperidine rings is 1. The Morgan fingerprint density at radius 2 is 2.05 bits per heavy atom. The Bertz CT molecular complexity index is 459. The van der Waals surface area contributed by atoms with Crippen molar-refractivity contribution in [2.75, 3.05) is 32.7 Å². The van der Waals surface area contributed by atoms with E-state index in [1.807, 2.05) is 29.2 Å². The second-order valence-electron chi connectivity index (χ2n) is 5.13. The molecule has 1 aliphatic heterocycles. The minimum absolute atomic E-state index is 0.148. The third-order valence-corrected chi connectivity index (χ3v) is 3.91. The van der Waals surface area contributed by atoms with Gasteiger partial charge in [0.15, 0.2) is 0 Å². The minimum Gasteiger partial charge on any atom is -0.496 e. The van der Waals surface area contributed by atoms with E-state index in [1.165, 1.54) is 0 Å². The average molecular weight is 312 g/mol. The maximum Gasteiger partial charge on any atom is 0.227 e. The monoisotopic (exact) mass is 311 g/mol.